The van der Waals surface area contributed by atoms with Crippen molar-refractivity contribution >= 4 is 39.9 Å². The number of rotatable bonds is 10. The Balaban J connectivity index is 1.68. The third-order valence-electron chi connectivity index (χ3n) is 2.86. The monoisotopic (exact) mass is 366 g/mol. The second kappa shape index (κ2) is 10.0. The molecule has 2 N–H and O–H groups in total. The summed E-state index contributed by atoms with van der Waals surface area (Å²) in [5.41, 5.74) is 0.585. The quantitative estimate of drug-likeness (QED) is 0.375. The second-order valence-electron chi connectivity index (χ2n) is 4.65. The fourth-order valence-corrected chi connectivity index (χ4v) is 3.29. The molecule has 9 heteroatoms. The minimum Gasteiger partial charge on any atom is -0.383 e. The zero-order valence-corrected chi connectivity index (χ0v) is 14.8. The van der Waals surface area contributed by atoms with Crippen LogP contribution in [0.2, 0.25) is 0 Å². The number of ether oxygens (including phenoxy) is 1. The minimum atomic E-state index is -0.214. The van der Waals surface area contributed by atoms with E-state index in [1.165, 1.54) is 23.1 Å². The third-order valence-corrected chi connectivity index (χ3v) is 4.87. The van der Waals surface area contributed by atoms with Gasteiger partial charge in [-0.05, 0) is 0 Å². The van der Waals surface area contributed by atoms with Gasteiger partial charge in [-0.25, -0.2) is 0 Å². The van der Waals surface area contributed by atoms with Gasteiger partial charge < -0.3 is 15.4 Å². The number of amides is 1. The first-order valence-electron chi connectivity index (χ1n) is 7.23. The topological polar surface area (TPSA) is 93.2 Å². The molecule has 7 nitrogen and oxygen atoms in total. The van der Waals surface area contributed by atoms with Crippen molar-refractivity contribution in [3.05, 3.63) is 35.9 Å². The number of thioether (sulfide) groups is 1. The Bertz CT molecular complexity index is 664. The average Bonchev–Trinajstić information content (AvgIpc) is 3.06. The number of aromatic nitrogens is 2. The van der Waals surface area contributed by atoms with E-state index in [0.717, 1.165) is 0 Å². The molecule has 0 saturated heterocycles. The van der Waals surface area contributed by atoms with Gasteiger partial charge in [0.2, 0.25) is 11.0 Å². The number of Topliss-reactive ketones (excluding diaryl/α,β-unsaturated/α-hetero) is 1. The van der Waals surface area contributed by atoms with E-state index in [1.807, 2.05) is 6.07 Å². The summed E-state index contributed by atoms with van der Waals surface area (Å²) in [5.74, 6) is -0.141. The maximum absolute atomic E-state index is 11.9. The molecule has 1 heterocycles. The third kappa shape index (κ3) is 6.26. The summed E-state index contributed by atoms with van der Waals surface area (Å²) in [7, 11) is 1.63. The number of carbonyl (C=O) groups excluding carboxylic acids is 2. The van der Waals surface area contributed by atoms with Gasteiger partial charge in [0.05, 0.1) is 18.9 Å². The normalized spacial score (nSPS) is 10.4. The SMILES string of the molecule is COCCNc1nnc(SCC(=O)NCC(=O)c2ccccc2)s1. The van der Waals surface area contributed by atoms with Gasteiger partial charge in [-0.1, -0.05) is 53.4 Å². The fraction of sp³-hybridized carbons (Fsp3) is 0.333. The molecule has 0 aliphatic heterocycles. The van der Waals surface area contributed by atoms with E-state index in [0.29, 0.717) is 28.2 Å². The highest BCUT2D eigenvalue weighted by molar-refractivity contribution is 8.01. The Labute approximate surface area is 148 Å². The van der Waals surface area contributed by atoms with Crippen LogP contribution in [-0.2, 0) is 9.53 Å². The Morgan fingerprint density at radius 1 is 1.25 bits per heavy atom. The first kappa shape index (κ1) is 18.4. The fourth-order valence-electron chi connectivity index (χ4n) is 1.68. The number of benzene rings is 1. The lowest BCUT2D eigenvalue weighted by atomic mass is 10.1. The number of methoxy groups -OCH3 is 1. The van der Waals surface area contributed by atoms with Gasteiger partial charge in [0.15, 0.2) is 10.1 Å². The lowest BCUT2D eigenvalue weighted by Gasteiger charge is -2.03. The van der Waals surface area contributed by atoms with E-state index < -0.39 is 0 Å². The molecular weight excluding hydrogens is 348 g/mol. The minimum absolute atomic E-state index is 0.0106. The smallest absolute Gasteiger partial charge is 0.230 e. The van der Waals surface area contributed by atoms with Crippen molar-refractivity contribution in [3.8, 4) is 0 Å². The molecule has 1 amide bonds. The number of nitrogens with one attached hydrogen (secondary N) is 2. The highest BCUT2D eigenvalue weighted by Gasteiger charge is 2.10. The number of nitrogens with zero attached hydrogens (tertiary/aromatic N) is 2. The zero-order chi connectivity index (χ0) is 17.2. The summed E-state index contributed by atoms with van der Waals surface area (Å²) in [5, 5.41) is 14.3. The van der Waals surface area contributed by atoms with Crippen LogP contribution in [0.4, 0.5) is 5.13 Å². The average molecular weight is 366 g/mol. The molecule has 1 aromatic heterocycles. The molecule has 2 rings (SSSR count). The predicted molar refractivity (Wildman–Crippen MR) is 94.8 cm³/mol. The summed E-state index contributed by atoms with van der Waals surface area (Å²) >= 11 is 2.66. The van der Waals surface area contributed by atoms with Crippen molar-refractivity contribution in [2.45, 2.75) is 4.34 Å². The van der Waals surface area contributed by atoms with Crippen molar-refractivity contribution in [1.82, 2.24) is 15.5 Å². The first-order valence-corrected chi connectivity index (χ1v) is 9.03. The summed E-state index contributed by atoms with van der Waals surface area (Å²) in [6.07, 6.45) is 0. The van der Waals surface area contributed by atoms with Crippen molar-refractivity contribution < 1.29 is 14.3 Å². The number of hydrogen-bond acceptors (Lipinski definition) is 8. The molecule has 1 aromatic carbocycles. The Morgan fingerprint density at radius 3 is 2.79 bits per heavy atom. The number of anilines is 1. The van der Waals surface area contributed by atoms with Crippen LogP contribution >= 0.6 is 23.1 Å². The Morgan fingerprint density at radius 2 is 2.04 bits per heavy atom. The summed E-state index contributed by atoms with van der Waals surface area (Å²) in [4.78, 5) is 23.7. The van der Waals surface area contributed by atoms with E-state index in [-0.39, 0.29) is 24.0 Å². The van der Waals surface area contributed by atoms with Crippen LogP contribution < -0.4 is 10.6 Å². The van der Waals surface area contributed by atoms with Gasteiger partial charge >= 0.3 is 0 Å². The van der Waals surface area contributed by atoms with Crippen molar-refractivity contribution in [1.29, 1.82) is 0 Å². The van der Waals surface area contributed by atoms with Crippen LogP contribution in [0.25, 0.3) is 0 Å². The molecule has 0 aliphatic carbocycles. The van der Waals surface area contributed by atoms with Crippen molar-refractivity contribution in [3.63, 3.8) is 0 Å². The van der Waals surface area contributed by atoms with Gasteiger partial charge in [-0.15, -0.1) is 10.2 Å². The molecule has 128 valence electrons. The maximum Gasteiger partial charge on any atom is 0.230 e. The van der Waals surface area contributed by atoms with Crippen molar-refractivity contribution in [2.24, 2.45) is 0 Å². The van der Waals surface area contributed by atoms with E-state index in [2.05, 4.69) is 20.8 Å². The maximum atomic E-state index is 11.9. The van der Waals surface area contributed by atoms with Crippen molar-refractivity contribution in [2.75, 3.05) is 37.9 Å². The van der Waals surface area contributed by atoms with Gasteiger partial charge in [0.25, 0.3) is 0 Å². The van der Waals surface area contributed by atoms with Gasteiger partial charge in [-0.3, -0.25) is 9.59 Å². The van der Waals surface area contributed by atoms with Crippen LogP contribution in [0.5, 0.6) is 0 Å². The Kier molecular flexibility index (Phi) is 7.66. The van der Waals surface area contributed by atoms with Crippen LogP contribution in [-0.4, -0.2) is 54.4 Å². The lowest BCUT2D eigenvalue weighted by molar-refractivity contribution is -0.118. The molecule has 0 unspecified atom stereocenters. The van der Waals surface area contributed by atoms with Crippen LogP contribution in [0, 0.1) is 0 Å². The molecule has 0 atom stereocenters. The van der Waals surface area contributed by atoms with E-state index in [4.69, 9.17) is 4.74 Å². The number of hydrogen-bond donors (Lipinski definition) is 2. The highest BCUT2D eigenvalue weighted by atomic mass is 32.2. The summed E-state index contributed by atoms with van der Waals surface area (Å²) in [6.45, 7) is 1.22. The summed E-state index contributed by atoms with van der Waals surface area (Å²) in [6, 6.07) is 8.87. The highest BCUT2D eigenvalue weighted by Crippen LogP contribution is 2.24. The molecular formula is C15H18N4O3S2. The van der Waals surface area contributed by atoms with Crippen LogP contribution in [0.3, 0.4) is 0 Å². The molecule has 0 saturated carbocycles. The zero-order valence-electron chi connectivity index (χ0n) is 13.2. The molecule has 0 bridgehead atoms. The second-order valence-corrected chi connectivity index (χ2v) is 6.85. The lowest BCUT2D eigenvalue weighted by Crippen LogP contribution is -2.30. The van der Waals surface area contributed by atoms with Crippen LogP contribution in [0.15, 0.2) is 34.7 Å². The summed E-state index contributed by atoms with van der Waals surface area (Å²) < 4.78 is 5.63. The standard InChI is InChI=1S/C15H18N4O3S2/c1-22-8-7-16-14-18-19-15(24-14)23-10-13(21)17-9-12(20)11-5-3-2-4-6-11/h2-6H,7-10H2,1H3,(H,16,18)(H,17,21). The molecule has 2 aromatic rings. The predicted octanol–water partition coefficient (Wildman–Crippen LogP) is 1.69. The van der Waals surface area contributed by atoms with E-state index in [9.17, 15) is 9.59 Å². The Hall–Kier alpha value is -1.97. The molecule has 0 spiro atoms. The largest absolute Gasteiger partial charge is 0.383 e. The molecule has 0 fully saturated rings. The number of carbonyl (C=O) groups is 2. The van der Waals surface area contributed by atoms with Crippen LogP contribution in [0.1, 0.15) is 10.4 Å². The first-order chi connectivity index (χ1) is 11.7. The van der Waals surface area contributed by atoms with E-state index >= 15 is 0 Å². The molecule has 0 radical (unpaired) electrons. The van der Waals surface area contributed by atoms with Gasteiger partial charge in [-0.2, -0.15) is 0 Å². The molecule has 0 aliphatic rings. The number of ketones is 1. The van der Waals surface area contributed by atoms with Gasteiger partial charge in [0, 0.05) is 19.2 Å². The molecule has 24 heavy (non-hydrogen) atoms. The van der Waals surface area contributed by atoms with E-state index in [1.54, 1.807) is 31.4 Å². The van der Waals surface area contributed by atoms with Gasteiger partial charge in [0.1, 0.15) is 0 Å².